The van der Waals surface area contributed by atoms with Crippen LogP contribution in [0, 0.1) is 11.6 Å². The minimum absolute atomic E-state index is 0.303. The molecule has 1 aromatic rings. The van der Waals surface area contributed by atoms with Gasteiger partial charge in [-0.1, -0.05) is 0 Å². The quantitative estimate of drug-likeness (QED) is 0.911. The summed E-state index contributed by atoms with van der Waals surface area (Å²) in [6, 6.07) is 3.39. The number of benzene rings is 1. The van der Waals surface area contributed by atoms with Crippen molar-refractivity contribution in [2.24, 2.45) is 0 Å². The van der Waals surface area contributed by atoms with Crippen LogP contribution < -0.4 is 10.1 Å². The minimum Gasteiger partial charge on any atom is -0.491 e. The molecule has 2 heterocycles. The maximum Gasteiger partial charge on any atom is 0.190 e. The number of nitrogens with zero attached hydrogens (tertiary/aromatic N) is 2. The molecule has 4 nitrogen and oxygen atoms in total. The average Bonchev–Trinajstić information content (AvgIpc) is 3.02. The molecule has 0 saturated carbocycles. The van der Waals surface area contributed by atoms with Crippen molar-refractivity contribution in [3.05, 3.63) is 29.3 Å². The highest BCUT2D eigenvalue weighted by atomic mass is 19.1. The van der Waals surface area contributed by atoms with Gasteiger partial charge in [-0.2, -0.15) is 0 Å². The predicted molar refractivity (Wildman–Crippen MR) is 81.0 cm³/mol. The molecule has 6 heteroatoms. The normalized spacial score (nSPS) is 23.9. The summed E-state index contributed by atoms with van der Waals surface area (Å²) in [5.41, 5.74) is 0.659. The van der Waals surface area contributed by atoms with E-state index >= 15 is 0 Å². The van der Waals surface area contributed by atoms with Gasteiger partial charge in [-0.3, -0.25) is 9.80 Å². The number of hydrogen-bond acceptors (Lipinski definition) is 4. The van der Waals surface area contributed by atoms with Crippen LogP contribution >= 0.6 is 0 Å². The van der Waals surface area contributed by atoms with Crippen molar-refractivity contribution in [1.82, 2.24) is 15.1 Å². The van der Waals surface area contributed by atoms with Gasteiger partial charge in [0.25, 0.3) is 0 Å². The summed E-state index contributed by atoms with van der Waals surface area (Å²) in [6.45, 7) is 6.68. The summed E-state index contributed by atoms with van der Waals surface area (Å²) < 4.78 is 32.2. The van der Waals surface area contributed by atoms with Crippen LogP contribution in [0.4, 0.5) is 8.78 Å². The van der Waals surface area contributed by atoms with Crippen molar-refractivity contribution in [1.29, 1.82) is 0 Å². The lowest BCUT2D eigenvalue weighted by Gasteiger charge is -2.37. The van der Waals surface area contributed by atoms with Crippen molar-refractivity contribution in [3.63, 3.8) is 0 Å². The molecule has 22 heavy (non-hydrogen) atoms. The third-order valence-corrected chi connectivity index (χ3v) is 4.63. The number of methoxy groups -OCH3 is 1. The summed E-state index contributed by atoms with van der Waals surface area (Å²) in [7, 11) is 1.28. The average molecular weight is 311 g/mol. The Hall–Kier alpha value is -1.24. The van der Waals surface area contributed by atoms with E-state index < -0.39 is 11.6 Å². The summed E-state index contributed by atoms with van der Waals surface area (Å²) in [6.07, 6.45) is 1.22. The molecular formula is C16H23F2N3O. The first-order valence-corrected chi connectivity index (χ1v) is 7.86. The van der Waals surface area contributed by atoms with E-state index in [2.05, 4.69) is 15.1 Å². The maximum atomic E-state index is 13.7. The Labute approximate surface area is 130 Å². The molecule has 0 amide bonds. The molecule has 0 radical (unpaired) electrons. The molecule has 122 valence electrons. The lowest BCUT2D eigenvalue weighted by Crippen LogP contribution is -2.50. The molecular weight excluding hydrogens is 288 g/mol. The molecule has 3 rings (SSSR count). The number of piperazine rings is 1. The van der Waals surface area contributed by atoms with E-state index in [4.69, 9.17) is 4.74 Å². The zero-order valence-electron chi connectivity index (χ0n) is 12.9. The fourth-order valence-corrected chi connectivity index (χ4v) is 3.39. The van der Waals surface area contributed by atoms with Gasteiger partial charge in [0.1, 0.15) is 0 Å². The van der Waals surface area contributed by atoms with E-state index in [-0.39, 0.29) is 5.75 Å². The lowest BCUT2D eigenvalue weighted by molar-refractivity contribution is 0.0980. The molecule has 1 aromatic carbocycles. The summed E-state index contributed by atoms with van der Waals surface area (Å²) in [5, 5.41) is 3.39. The standard InChI is InChI=1S/C16H23F2N3O/c1-22-16-14(17)8-12(9-15(16)18)11-20-4-6-21(7-5-20)13-2-3-19-10-13/h8-9,13,19H,2-7,10-11H2,1H3/t13-/m1/s1. The van der Waals surface area contributed by atoms with Crippen molar-refractivity contribution >= 4 is 0 Å². The Bertz CT molecular complexity index is 489. The van der Waals surface area contributed by atoms with E-state index in [1.165, 1.54) is 25.7 Å². The Morgan fingerprint density at radius 3 is 2.41 bits per heavy atom. The lowest BCUT2D eigenvalue weighted by atomic mass is 10.1. The first-order chi connectivity index (χ1) is 10.7. The predicted octanol–water partition coefficient (Wildman–Crippen LogP) is 1.45. The van der Waals surface area contributed by atoms with Crippen LogP contribution in [0.5, 0.6) is 5.75 Å². The molecule has 0 spiro atoms. The highest BCUT2D eigenvalue weighted by molar-refractivity contribution is 5.31. The number of rotatable bonds is 4. The summed E-state index contributed by atoms with van der Waals surface area (Å²) in [5.74, 6) is -1.57. The third kappa shape index (κ3) is 3.39. The zero-order valence-corrected chi connectivity index (χ0v) is 12.9. The van der Waals surface area contributed by atoms with Crippen LogP contribution in [-0.2, 0) is 6.54 Å². The minimum atomic E-state index is -0.631. The number of halogens is 2. The highest BCUT2D eigenvalue weighted by Gasteiger charge is 2.26. The van der Waals surface area contributed by atoms with Gasteiger partial charge in [0.2, 0.25) is 0 Å². The van der Waals surface area contributed by atoms with Crippen LogP contribution in [0.15, 0.2) is 12.1 Å². The Balaban J connectivity index is 1.56. The first-order valence-electron chi connectivity index (χ1n) is 7.86. The van der Waals surface area contributed by atoms with Gasteiger partial charge in [0.15, 0.2) is 17.4 Å². The van der Waals surface area contributed by atoms with Gasteiger partial charge in [-0.25, -0.2) is 8.78 Å². The largest absolute Gasteiger partial charge is 0.491 e. The fraction of sp³-hybridized carbons (Fsp3) is 0.625. The van der Waals surface area contributed by atoms with E-state index in [9.17, 15) is 8.78 Å². The second-order valence-electron chi connectivity index (χ2n) is 6.05. The molecule has 2 saturated heterocycles. The SMILES string of the molecule is COc1c(F)cc(CN2CCN([C@@H]3CCNC3)CC2)cc1F. The molecule has 0 unspecified atom stereocenters. The van der Waals surface area contributed by atoms with Crippen molar-refractivity contribution in [3.8, 4) is 5.75 Å². The van der Waals surface area contributed by atoms with Crippen molar-refractivity contribution in [2.75, 3.05) is 46.4 Å². The van der Waals surface area contributed by atoms with Crippen molar-refractivity contribution < 1.29 is 13.5 Å². The van der Waals surface area contributed by atoms with Gasteiger partial charge in [0.05, 0.1) is 7.11 Å². The molecule has 2 aliphatic rings. The fourth-order valence-electron chi connectivity index (χ4n) is 3.39. The van der Waals surface area contributed by atoms with E-state index in [1.54, 1.807) is 0 Å². The smallest absolute Gasteiger partial charge is 0.190 e. The number of hydrogen-bond donors (Lipinski definition) is 1. The van der Waals surface area contributed by atoms with Crippen LogP contribution in [0.25, 0.3) is 0 Å². The summed E-state index contributed by atoms with van der Waals surface area (Å²) >= 11 is 0. The Morgan fingerprint density at radius 1 is 1.18 bits per heavy atom. The van der Waals surface area contributed by atoms with Crippen LogP contribution in [0.1, 0.15) is 12.0 Å². The van der Waals surface area contributed by atoms with E-state index in [0.29, 0.717) is 18.2 Å². The second-order valence-corrected chi connectivity index (χ2v) is 6.05. The Morgan fingerprint density at radius 2 is 1.86 bits per heavy atom. The molecule has 1 N–H and O–H groups in total. The Kier molecular flexibility index (Phi) is 4.90. The van der Waals surface area contributed by atoms with Crippen LogP contribution in [-0.4, -0.2) is 62.2 Å². The molecule has 1 atom stereocenters. The van der Waals surface area contributed by atoms with Crippen LogP contribution in [0.3, 0.4) is 0 Å². The molecule has 0 bridgehead atoms. The van der Waals surface area contributed by atoms with Gasteiger partial charge in [-0.05, 0) is 30.7 Å². The number of ether oxygens (including phenoxy) is 1. The maximum absolute atomic E-state index is 13.7. The monoisotopic (exact) mass is 311 g/mol. The molecule has 0 aromatic heterocycles. The molecule has 0 aliphatic carbocycles. The topological polar surface area (TPSA) is 27.7 Å². The highest BCUT2D eigenvalue weighted by Crippen LogP contribution is 2.24. The summed E-state index contributed by atoms with van der Waals surface area (Å²) in [4.78, 5) is 4.77. The van der Waals surface area contributed by atoms with Crippen LogP contribution in [0.2, 0.25) is 0 Å². The van der Waals surface area contributed by atoms with Gasteiger partial charge < -0.3 is 10.1 Å². The molecule has 2 aliphatic heterocycles. The number of nitrogens with one attached hydrogen (secondary N) is 1. The second kappa shape index (κ2) is 6.89. The van der Waals surface area contributed by atoms with Gasteiger partial charge >= 0.3 is 0 Å². The van der Waals surface area contributed by atoms with E-state index in [0.717, 1.165) is 39.3 Å². The molecule has 2 fully saturated rings. The third-order valence-electron chi connectivity index (χ3n) is 4.63. The van der Waals surface area contributed by atoms with Gasteiger partial charge in [0, 0.05) is 45.3 Å². The first kappa shape index (κ1) is 15.6. The van der Waals surface area contributed by atoms with Crippen molar-refractivity contribution in [2.45, 2.75) is 19.0 Å². The van der Waals surface area contributed by atoms with Gasteiger partial charge in [-0.15, -0.1) is 0 Å². The zero-order chi connectivity index (χ0) is 15.5. The van der Waals surface area contributed by atoms with E-state index in [1.807, 2.05) is 0 Å².